The molecule has 2 heteroatoms. The number of ether oxygens (including phenoxy) is 1. The number of nitrogens with one attached hydrogen (secondary N) is 1. The lowest BCUT2D eigenvalue weighted by Crippen LogP contribution is -2.25. The standard InChI is InChI=1S/C16H25NO/c1-3-11-17-12-13-7-6-9-14(13)15-8-4-5-10-16(15)18-2/h4-5,8,10,13-14,17H,3,6-7,9,11-12H2,1-2H3. The summed E-state index contributed by atoms with van der Waals surface area (Å²) in [6, 6.07) is 8.51. The fourth-order valence-corrected chi connectivity index (χ4v) is 3.13. The maximum absolute atomic E-state index is 5.51. The molecule has 1 N–H and O–H groups in total. The van der Waals surface area contributed by atoms with Crippen LogP contribution in [-0.2, 0) is 0 Å². The van der Waals surface area contributed by atoms with E-state index < -0.39 is 0 Å². The van der Waals surface area contributed by atoms with Crippen molar-refractivity contribution in [2.75, 3.05) is 20.2 Å². The second-order valence-corrected chi connectivity index (χ2v) is 5.24. The number of para-hydroxylation sites is 1. The van der Waals surface area contributed by atoms with Gasteiger partial charge in [-0.2, -0.15) is 0 Å². The van der Waals surface area contributed by atoms with Gasteiger partial charge in [0.15, 0.2) is 0 Å². The lowest BCUT2D eigenvalue weighted by molar-refractivity contribution is 0.389. The smallest absolute Gasteiger partial charge is 0.122 e. The molecule has 0 bridgehead atoms. The van der Waals surface area contributed by atoms with Gasteiger partial charge in [0, 0.05) is 0 Å². The van der Waals surface area contributed by atoms with E-state index in [-0.39, 0.29) is 0 Å². The molecule has 0 spiro atoms. The van der Waals surface area contributed by atoms with Gasteiger partial charge in [-0.25, -0.2) is 0 Å². The van der Waals surface area contributed by atoms with Crippen LogP contribution in [0.25, 0.3) is 0 Å². The van der Waals surface area contributed by atoms with Crippen LogP contribution in [0, 0.1) is 5.92 Å². The average molecular weight is 247 g/mol. The molecule has 0 saturated heterocycles. The molecule has 0 heterocycles. The Hall–Kier alpha value is -1.02. The third kappa shape index (κ3) is 3.05. The Kier molecular flexibility index (Phi) is 5.06. The third-order valence-electron chi connectivity index (χ3n) is 4.03. The van der Waals surface area contributed by atoms with Crippen LogP contribution in [-0.4, -0.2) is 20.2 Å². The summed E-state index contributed by atoms with van der Waals surface area (Å²) in [6.07, 6.45) is 5.21. The van der Waals surface area contributed by atoms with E-state index in [1.807, 2.05) is 0 Å². The Bertz CT molecular complexity index is 364. The van der Waals surface area contributed by atoms with Crippen LogP contribution < -0.4 is 10.1 Å². The maximum Gasteiger partial charge on any atom is 0.122 e. The zero-order valence-electron chi connectivity index (χ0n) is 11.6. The summed E-state index contributed by atoms with van der Waals surface area (Å²) in [5.41, 5.74) is 1.40. The first-order valence-corrected chi connectivity index (χ1v) is 7.20. The molecule has 1 aliphatic carbocycles. The van der Waals surface area contributed by atoms with Crippen LogP contribution in [0.5, 0.6) is 5.75 Å². The van der Waals surface area contributed by atoms with Gasteiger partial charge in [-0.15, -0.1) is 0 Å². The highest BCUT2D eigenvalue weighted by Crippen LogP contribution is 2.42. The van der Waals surface area contributed by atoms with Crippen molar-refractivity contribution in [1.29, 1.82) is 0 Å². The minimum Gasteiger partial charge on any atom is -0.496 e. The lowest BCUT2D eigenvalue weighted by Gasteiger charge is -2.22. The Morgan fingerprint density at radius 3 is 2.89 bits per heavy atom. The Morgan fingerprint density at radius 1 is 1.28 bits per heavy atom. The summed E-state index contributed by atoms with van der Waals surface area (Å²) in [6.45, 7) is 4.51. The fourth-order valence-electron chi connectivity index (χ4n) is 3.13. The predicted molar refractivity (Wildman–Crippen MR) is 76.2 cm³/mol. The molecule has 2 atom stereocenters. The molecule has 2 nitrogen and oxygen atoms in total. The van der Waals surface area contributed by atoms with E-state index in [2.05, 4.69) is 36.5 Å². The van der Waals surface area contributed by atoms with Crippen LogP contribution in [0.1, 0.15) is 44.1 Å². The Labute approximate surface area is 111 Å². The number of methoxy groups -OCH3 is 1. The maximum atomic E-state index is 5.51. The summed E-state index contributed by atoms with van der Waals surface area (Å²) < 4.78 is 5.51. The van der Waals surface area contributed by atoms with E-state index >= 15 is 0 Å². The summed E-state index contributed by atoms with van der Waals surface area (Å²) in [4.78, 5) is 0. The second-order valence-electron chi connectivity index (χ2n) is 5.24. The molecule has 1 aromatic carbocycles. The molecule has 1 saturated carbocycles. The summed E-state index contributed by atoms with van der Waals surface area (Å²) in [5.74, 6) is 2.50. The monoisotopic (exact) mass is 247 g/mol. The van der Waals surface area contributed by atoms with Crippen molar-refractivity contribution in [1.82, 2.24) is 5.32 Å². The topological polar surface area (TPSA) is 21.3 Å². The van der Waals surface area contributed by atoms with Crippen molar-refractivity contribution >= 4 is 0 Å². The van der Waals surface area contributed by atoms with Gasteiger partial charge in [0.25, 0.3) is 0 Å². The van der Waals surface area contributed by atoms with E-state index in [4.69, 9.17) is 4.74 Å². The molecule has 0 radical (unpaired) electrons. The first-order valence-electron chi connectivity index (χ1n) is 7.20. The fraction of sp³-hybridized carbons (Fsp3) is 0.625. The molecule has 18 heavy (non-hydrogen) atoms. The molecular weight excluding hydrogens is 222 g/mol. The Balaban J connectivity index is 2.05. The molecule has 2 rings (SSSR count). The van der Waals surface area contributed by atoms with Gasteiger partial charge < -0.3 is 10.1 Å². The van der Waals surface area contributed by atoms with Crippen LogP contribution in [0.3, 0.4) is 0 Å². The largest absolute Gasteiger partial charge is 0.496 e. The minimum atomic E-state index is 0.672. The molecule has 1 aromatic rings. The van der Waals surface area contributed by atoms with Gasteiger partial charge in [0.2, 0.25) is 0 Å². The quantitative estimate of drug-likeness (QED) is 0.776. The molecule has 1 aliphatic rings. The van der Waals surface area contributed by atoms with Crippen molar-refractivity contribution in [2.24, 2.45) is 5.92 Å². The number of rotatable bonds is 6. The third-order valence-corrected chi connectivity index (χ3v) is 4.03. The van der Waals surface area contributed by atoms with Crippen molar-refractivity contribution in [3.05, 3.63) is 29.8 Å². The van der Waals surface area contributed by atoms with Crippen molar-refractivity contribution < 1.29 is 4.74 Å². The van der Waals surface area contributed by atoms with Crippen LogP contribution in [0.15, 0.2) is 24.3 Å². The van der Waals surface area contributed by atoms with Crippen LogP contribution in [0.2, 0.25) is 0 Å². The predicted octanol–water partition coefficient (Wildman–Crippen LogP) is 3.58. The van der Waals surface area contributed by atoms with Crippen molar-refractivity contribution in [3.8, 4) is 5.75 Å². The van der Waals surface area contributed by atoms with E-state index in [0.717, 1.165) is 24.8 Å². The van der Waals surface area contributed by atoms with Gasteiger partial charge >= 0.3 is 0 Å². The summed E-state index contributed by atoms with van der Waals surface area (Å²) in [7, 11) is 1.78. The minimum absolute atomic E-state index is 0.672. The molecular formula is C16H25NO. The summed E-state index contributed by atoms with van der Waals surface area (Å²) in [5, 5.41) is 3.57. The van der Waals surface area contributed by atoms with E-state index in [0.29, 0.717) is 5.92 Å². The zero-order chi connectivity index (χ0) is 12.8. The van der Waals surface area contributed by atoms with Crippen LogP contribution >= 0.6 is 0 Å². The average Bonchev–Trinajstić information content (AvgIpc) is 2.87. The van der Waals surface area contributed by atoms with E-state index in [1.54, 1.807) is 7.11 Å². The molecule has 0 aliphatic heterocycles. The molecule has 0 aromatic heterocycles. The van der Waals surface area contributed by atoms with Gasteiger partial charge in [0.1, 0.15) is 5.75 Å². The highest BCUT2D eigenvalue weighted by Gasteiger charge is 2.29. The van der Waals surface area contributed by atoms with E-state index in [1.165, 1.54) is 31.2 Å². The first-order chi connectivity index (χ1) is 8.86. The highest BCUT2D eigenvalue weighted by molar-refractivity contribution is 5.37. The zero-order valence-corrected chi connectivity index (χ0v) is 11.6. The van der Waals surface area contributed by atoms with Crippen molar-refractivity contribution in [3.63, 3.8) is 0 Å². The number of hydrogen-bond acceptors (Lipinski definition) is 2. The molecule has 1 fully saturated rings. The Morgan fingerprint density at radius 2 is 2.11 bits per heavy atom. The van der Waals surface area contributed by atoms with Gasteiger partial charge in [0.05, 0.1) is 7.11 Å². The lowest BCUT2D eigenvalue weighted by atomic mass is 9.88. The molecule has 0 amide bonds. The van der Waals surface area contributed by atoms with E-state index in [9.17, 15) is 0 Å². The normalized spacial score (nSPS) is 23.2. The van der Waals surface area contributed by atoms with Crippen LogP contribution in [0.4, 0.5) is 0 Å². The number of benzene rings is 1. The summed E-state index contributed by atoms with van der Waals surface area (Å²) >= 11 is 0. The molecule has 100 valence electrons. The first kappa shape index (κ1) is 13.4. The van der Waals surface area contributed by atoms with Gasteiger partial charge in [-0.05, 0) is 55.8 Å². The van der Waals surface area contributed by atoms with Crippen molar-refractivity contribution in [2.45, 2.75) is 38.5 Å². The molecule has 2 unspecified atom stereocenters. The number of hydrogen-bond donors (Lipinski definition) is 1. The van der Waals surface area contributed by atoms with Gasteiger partial charge in [-0.1, -0.05) is 31.5 Å². The highest BCUT2D eigenvalue weighted by atomic mass is 16.5. The van der Waals surface area contributed by atoms with Gasteiger partial charge in [-0.3, -0.25) is 0 Å². The second kappa shape index (κ2) is 6.79. The SMILES string of the molecule is CCCNCC1CCCC1c1ccccc1OC.